The Hall–Kier alpha value is -1.22. The van der Waals surface area contributed by atoms with E-state index in [1.165, 1.54) is 44.1 Å². The normalized spacial score (nSPS) is 47.1. The Balaban J connectivity index is 1.29. The van der Waals surface area contributed by atoms with Crippen LogP contribution in [0.25, 0.3) is 0 Å². The van der Waals surface area contributed by atoms with Gasteiger partial charge < -0.3 is 19.7 Å². The van der Waals surface area contributed by atoms with Gasteiger partial charge in [0, 0.05) is 12.3 Å². The molecule has 0 radical (unpaired) electrons. The highest BCUT2D eigenvalue weighted by molar-refractivity contribution is 5.27. The third-order valence-corrected chi connectivity index (χ3v) is 13.4. The fourth-order valence-corrected chi connectivity index (χ4v) is 10.7. The van der Waals surface area contributed by atoms with Crippen LogP contribution in [-0.4, -0.2) is 53.0 Å². The van der Waals surface area contributed by atoms with Gasteiger partial charge in [-0.15, -0.1) is 0 Å². The van der Waals surface area contributed by atoms with Crippen molar-refractivity contribution in [3.05, 3.63) is 21.5 Å². The van der Waals surface area contributed by atoms with Gasteiger partial charge in [0.25, 0.3) is 0 Å². The molecule has 1 saturated heterocycles. The monoisotopic (exact) mass is 588 g/mol. The third kappa shape index (κ3) is 5.56. The number of hydrogen-bond donors (Lipinski definition) is 2. The SMILES string of the molecule is C[C@@H]1C2=CCC3[C@@](C)(CC[C@]4(C)C(CCCCC(C)(C)O)CC[C@@]34C)C2CC[C@@H]1O[C@@H]1O[C@H](CN=O)C[C@H](O)[C@H]1N=O. The average Bonchev–Trinajstić information content (AvgIpc) is 3.18. The molecule has 0 spiro atoms. The second kappa shape index (κ2) is 11.9. The second-order valence-corrected chi connectivity index (χ2v) is 16.1. The van der Waals surface area contributed by atoms with Crippen molar-refractivity contribution in [3.8, 4) is 0 Å². The average molecular weight is 589 g/mol. The zero-order chi connectivity index (χ0) is 30.5. The lowest BCUT2D eigenvalue weighted by Crippen LogP contribution is -2.58. The number of nitrogens with zero attached hydrogens (tertiary/aromatic N) is 2. The molecule has 0 aromatic rings. The van der Waals surface area contributed by atoms with E-state index in [2.05, 4.69) is 44.1 Å². The molecule has 8 heteroatoms. The van der Waals surface area contributed by atoms with Crippen molar-refractivity contribution in [2.45, 2.75) is 155 Å². The lowest BCUT2D eigenvalue weighted by atomic mass is 9.40. The van der Waals surface area contributed by atoms with Crippen LogP contribution >= 0.6 is 0 Å². The van der Waals surface area contributed by atoms with E-state index in [4.69, 9.17) is 9.47 Å². The number of rotatable bonds is 10. The molecule has 4 aliphatic carbocycles. The van der Waals surface area contributed by atoms with Crippen LogP contribution in [-0.2, 0) is 9.47 Å². The zero-order valence-electron chi connectivity index (χ0n) is 26.9. The number of fused-ring (bicyclic) bond motifs is 5. The number of nitroso groups, excluding NO2 is 2. The first-order chi connectivity index (χ1) is 19.8. The standard InChI is InChI=1S/C34H56N2O6/c1-21-24-10-13-28-32(4,17-18-33(5)22(14-16-34(28,33)6)9-7-8-15-31(2,3)38)25(24)11-12-27(21)42-30-29(36-40)26(37)19-23(41-30)20-35-39/h10,21-23,25-30,37-38H,7-9,11-20H2,1-6H3/t21-,22?,23+,25?,26+,27+,28?,29-,30+,32+,33-,34+/m1/s1. The number of allylic oxidation sites excluding steroid dienone is 1. The van der Waals surface area contributed by atoms with E-state index >= 15 is 0 Å². The number of ether oxygens (including phenoxy) is 2. The summed E-state index contributed by atoms with van der Waals surface area (Å²) in [5.74, 6) is 2.15. The Morgan fingerprint density at radius 2 is 1.83 bits per heavy atom. The summed E-state index contributed by atoms with van der Waals surface area (Å²) in [7, 11) is 0. The van der Waals surface area contributed by atoms with Crippen molar-refractivity contribution < 1.29 is 19.7 Å². The molecule has 2 N–H and O–H groups in total. The van der Waals surface area contributed by atoms with Crippen molar-refractivity contribution in [1.29, 1.82) is 0 Å². The van der Waals surface area contributed by atoms with Gasteiger partial charge >= 0.3 is 0 Å². The zero-order valence-corrected chi connectivity index (χ0v) is 26.9. The molecular weight excluding hydrogens is 532 g/mol. The second-order valence-electron chi connectivity index (χ2n) is 16.1. The maximum Gasteiger partial charge on any atom is 0.186 e. The Labute approximate surface area is 252 Å². The molecule has 0 amide bonds. The van der Waals surface area contributed by atoms with Crippen LogP contribution in [0.3, 0.4) is 0 Å². The van der Waals surface area contributed by atoms with Crippen LogP contribution in [0, 0.1) is 49.7 Å². The van der Waals surface area contributed by atoms with Crippen molar-refractivity contribution in [2.75, 3.05) is 6.54 Å². The minimum Gasteiger partial charge on any atom is -0.390 e. The Morgan fingerprint density at radius 3 is 2.52 bits per heavy atom. The first-order valence-corrected chi connectivity index (χ1v) is 16.8. The summed E-state index contributed by atoms with van der Waals surface area (Å²) in [6, 6.07) is -0.999. The Bertz CT molecular complexity index is 1030. The predicted octanol–water partition coefficient (Wildman–Crippen LogP) is 7.30. The van der Waals surface area contributed by atoms with Gasteiger partial charge in [0.05, 0.1) is 23.9 Å². The van der Waals surface area contributed by atoms with Gasteiger partial charge in [0.2, 0.25) is 0 Å². The highest BCUT2D eigenvalue weighted by Crippen LogP contribution is 2.74. The molecule has 1 aliphatic heterocycles. The highest BCUT2D eigenvalue weighted by atomic mass is 16.7. The summed E-state index contributed by atoms with van der Waals surface area (Å²) in [4.78, 5) is 22.5. The van der Waals surface area contributed by atoms with Crippen LogP contribution in [0.5, 0.6) is 0 Å². The predicted molar refractivity (Wildman–Crippen MR) is 164 cm³/mol. The smallest absolute Gasteiger partial charge is 0.186 e. The van der Waals surface area contributed by atoms with E-state index in [-0.39, 0.29) is 30.4 Å². The van der Waals surface area contributed by atoms with Gasteiger partial charge in [0.15, 0.2) is 12.3 Å². The maximum absolute atomic E-state index is 11.6. The van der Waals surface area contributed by atoms with Crippen LogP contribution in [0.2, 0.25) is 0 Å². The molecular formula is C34H56N2O6. The quantitative estimate of drug-likeness (QED) is 0.157. The van der Waals surface area contributed by atoms with E-state index < -0.39 is 30.1 Å². The van der Waals surface area contributed by atoms with Gasteiger partial charge in [-0.2, -0.15) is 9.81 Å². The molecule has 0 aromatic heterocycles. The van der Waals surface area contributed by atoms with Crippen LogP contribution in [0.4, 0.5) is 0 Å². The number of hydrogen-bond acceptors (Lipinski definition) is 8. The molecule has 4 fully saturated rings. The van der Waals surface area contributed by atoms with E-state index in [1.54, 1.807) is 0 Å². The highest BCUT2D eigenvalue weighted by Gasteiger charge is 2.66. The van der Waals surface area contributed by atoms with Gasteiger partial charge in [-0.25, -0.2) is 0 Å². The minimum absolute atomic E-state index is 0.0743. The molecule has 0 bridgehead atoms. The summed E-state index contributed by atoms with van der Waals surface area (Å²) < 4.78 is 12.3. The number of aliphatic hydroxyl groups excluding tert-OH is 1. The molecule has 12 atom stereocenters. The van der Waals surface area contributed by atoms with Crippen molar-refractivity contribution in [3.63, 3.8) is 0 Å². The minimum atomic E-state index is -0.999. The van der Waals surface area contributed by atoms with Crippen molar-refractivity contribution in [1.82, 2.24) is 0 Å². The summed E-state index contributed by atoms with van der Waals surface area (Å²) in [5, 5.41) is 26.7. The van der Waals surface area contributed by atoms with Crippen LogP contribution in [0.15, 0.2) is 22.0 Å². The van der Waals surface area contributed by atoms with E-state index in [9.17, 15) is 20.0 Å². The number of unbranched alkanes of at least 4 members (excludes halogenated alkanes) is 1. The first-order valence-electron chi connectivity index (χ1n) is 16.8. The van der Waals surface area contributed by atoms with E-state index in [0.717, 1.165) is 38.0 Å². The lowest BCUT2D eigenvalue weighted by molar-refractivity contribution is -0.249. The molecule has 8 nitrogen and oxygen atoms in total. The molecule has 238 valence electrons. The molecule has 3 unspecified atom stereocenters. The fourth-order valence-electron chi connectivity index (χ4n) is 10.7. The molecule has 42 heavy (non-hydrogen) atoms. The summed E-state index contributed by atoms with van der Waals surface area (Å²) in [6.07, 6.45) is 12.8. The van der Waals surface area contributed by atoms with E-state index in [0.29, 0.717) is 22.7 Å². The van der Waals surface area contributed by atoms with Gasteiger partial charge in [0.1, 0.15) is 6.54 Å². The maximum atomic E-state index is 11.6. The molecule has 0 aromatic carbocycles. The van der Waals surface area contributed by atoms with Gasteiger partial charge in [-0.05, 0) is 106 Å². The fraction of sp³-hybridized carbons (Fsp3) is 0.941. The van der Waals surface area contributed by atoms with E-state index in [1.807, 2.05) is 13.8 Å². The summed E-state index contributed by atoms with van der Waals surface area (Å²) in [6.45, 7) is 13.8. The molecule has 3 saturated carbocycles. The number of aliphatic hydroxyl groups is 2. The van der Waals surface area contributed by atoms with Crippen LogP contribution < -0.4 is 0 Å². The molecule has 1 heterocycles. The topological polar surface area (TPSA) is 118 Å². The first kappa shape index (κ1) is 32.2. The van der Waals surface area contributed by atoms with Crippen molar-refractivity contribution >= 4 is 0 Å². The van der Waals surface area contributed by atoms with Crippen molar-refractivity contribution in [2.24, 2.45) is 50.3 Å². The third-order valence-electron chi connectivity index (χ3n) is 13.4. The lowest BCUT2D eigenvalue weighted by Gasteiger charge is -2.65. The Morgan fingerprint density at radius 1 is 1.07 bits per heavy atom. The largest absolute Gasteiger partial charge is 0.390 e. The van der Waals surface area contributed by atoms with Gasteiger partial charge in [-0.1, -0.05) is 62.5 Å². The van der Waals surface area contributed by atoms with Gasteiger partial charge in [-0.3, -0.25) is 0 Å². The summed E-state index contributed by atoms with van der Waals surface area (Å²) in [5.41, 5.74) is 1.89. The Kier molecular flexibility index (Phi) is 9.15. The molecule has 5 rings (SSSR count). The summed E-state index contributed by atoms with van der Waals surface area (Å²) >= 11 is 0. The molecule has 5 aliphatic rings. The van der Waals surface area contributed by atoms with Crippen LogP contribution in [0.1, 0.15) is 119 Å².